The largest absolute Gasteiger partial charge is 0.481 e. The molecule has 1 saturated heterocycles. The summed E-state index contributed by atoms with van der Waals surface area (Å²) in [4.78, 5) is 22.7. The van der Waals surface area contributed by atoms with Gasteiger partial charge in [-0.1, -0.05) is 18.2 Å². The summed E-state index contributed by atoms with van der Waals surface area (Å²) in [6, 6.07) is 6.69. The predicted molar refractivity (Wildman–Crippen MR) is 73.8 cm³/mol. The van der Waals surface area contributed by atoms with E-state index >= 15 is 0 Å². The quantitative estimate of drug-likeness (QED) is 0.781. The van der Waals surface area contributed by atoms with Crippen LogP contribution in [0.25, 0.3) is 0 Å². The van der Waals surface area contributed by atoms with E-state index in [1.165, 1.54) is 0 Å². The van der Waals surface area contributed by atoms with Crippen LogP contribution in [0.4, 0.5) is 10.5 Å². The van der Waals surface area contributed by atoms with Crippen LogP contribution in [0.15, 0.2) is 24.3 Å². The Hall–Kier alpha value is -2.08. The van der Waals surface area contributed by atoms with Gasteiger partial charge in [-0.05, 0) is 24.5 Å². The zero-order valence-corrected chi connectivity index (χ0v) is 11.1. The van der Waals surface area contributed by atoms with Crippen molar-refractivity contribution in [3.8, 4) is 0 Å². The van der Waals surface area contributed by atoms with Gasteiger partial charge in [-0.15, -0.1) is 0 Å². The lowest BCUT2D eigenvalue weighted by Crippen LogP contribution is -2.41. The summed E-state index contributed by atoms with van der Waals surface area (Å²) >= 11 is 0. The molecule has 0 bridgehead atoms. The van der Waals surface area contributed by atoms with E-state index in [4.69, 9.17) is 9.84 Å². The van der Waals surface area contributed by atoms with Crippen LogP contribution in [-0.4, -0.2) is 36.4 Å². The number of urea groups is 1. The van der Waals surface area contributed by atoms with E-state index < -0.39 is 5.97 Å². The maximum absolute atomic E-state index is 11.9. The molecule has 20 heavy (non-hydrogen) atoms. The van der Waals surface area contributed by atoms with Gasteiger partial charge in [0.25, 0.3) is 0 Å². The molecule has 3 N–H and O–H groups in total. The fraction of sp³-hybridized carbons (Fsp3) is 0.429. The molecule has 1 aliphatic rings. The van der Waals surface area contributed by atoms with Crippen molar-refractivity contribution < 1.29 is 19.4 Å². The third-order valence-corrected chi connectivity index (χ3v) is 3.16. The number of carbonyl (C=O) groups excluding carboxylic acids is 1. The predicted octanol–water partition coefficient (Wildman–Crippen LogP) is 1.61. The third-order valence-electron chi connectivity index (χ3n) is 3.16. The summed E-state index contributed by atoms with van der Waals surface area (Å²) in [6.07, 6.45) is 1.47. The highest BCUT2D eigenvalue weighted by molar-refractivity contribution is 5.91. The molecule has 6 heteroatoms. The van der Waals surface area contributed by atoms with Crippen LogP contribution in [0, 0.1) is 0 Å². The van der Waals surface area contributed by atoms with Gasteiger partial charge in [-0.2, -0.15) is 0 Å². The van der Waals surface area contributed by atoms with E-state index in [-0.39, 0.29) is 18.5 Å². The average molecular weight is 278 g/mol. The minimum atomic E-state index is -0.927. The maximum Gasteiger partial charge on any atom is 0.319 e. The molecule has 1 aromatic carbocycles. The first-order valence-electron chi connectivity index (χ1n) is 6.60. The molecule has 0 spiro atoms. The number of carbonyl (C=O) groups is 2. The lowest BCUT2D eigenvalue weighted by molar-refractivity contribution is -0.136. The zero-order chi connectivity index (χ0) is 14.4. The van der Waals surface area contributed by atoms with Crippen molar-refractivity contribution in [3.05, 3.63) is 29.8 Å². The highest BCUT2D eigenvalue weighted by Crippen LogP contribution is 2.16. The van der Waals surface area contributed by atoms with E-state index in [9.17, 15) is 9.59 Å². The summed E-state index contributed by atoms with van der Waals surface area (Å²) in [7, 11) is 0. The van der Waals surface area contributed by atoms with Gasteiger partial charge in [0.2, 0.25) is 0 Å². The topological polar surface area (TPSA) is 87.7 Å². The first-order valence-corrected chi connectivity index (χ1v) is 6.60. The average Bonchev–Trinajstić information content (AvgIpc) is 2.41. The molecule has 1 heterocycles. The van der Waals surface area contributed by atoms with Gasteiger partial charge in [-0.25, -0.2) is 4.79 Å². The van der Waals surface area contributed by atoms with E-state index in [2.05, 4.69) is 10.6 Å². The van der Waals surface area contributed by atoms with Crippen LogP contribution >= 0.6 is 0 Å². The molecule has 6 nitrogen and oxygen atoms in total. The molecule has 108 valence electrons. The number of anilines is 1. The van der Waals surface area contributed by atoms with Crippen LogP contribution in [0.1, 0.15) is 18.4 Å². The Morgan fingerprint density at radius 1 is 1.25 bits per heavy atom. The Morgan fingerprint density at radius 2 is 1.95 bits per heavy atom. The van der Waals surface area contributed by atoms with Gasteiger partial charge in [0.1, 0.15) is 0 Å². The number of nitrogens with one attached hydrogen (secondary N) is 2. The van der Waals surface area contributed by atoms with Crippen LogP contribution in [-0.2, 0) is 16.0 Å². The number of carboxylic acid groups (broad SMARTS) is 1. The molecule has 0 atom stereocenters. The molecule has 1 aliphatic heterocycles. The van der Waals surface area contributed by atoms with Crippen molar-refractivity contribution >= 4 is 17.7 Å². The number of carboxylic acids is 1. The van der Waals surface area contributed by atoms with E-state index in [0.29, 0.717) is 24.5 Å². The van der Waals surface area contributed by atoms with Crippen LogP contribution in [0.2, 0.25) is 0 Å². The number of hydrogen-bond donors (Lipinski definition) is 3. The number of benzene rings is 1. The second-order valence-electron chi connectivity index (χ2n) is 4.71. The summed E-state index contributed by atoms with van der Waals surface area (Å²) in [5, 5.41) is 14.4. The fourth-order valence-corrected chi connectivity index (χ4v) is 2.15. The Balaban J connectivity index is 1.94. The fourth-order valence-electron chi connectivity index (χ4n) is 2.15. The molecule has 0 saturated carbocycles. The van der Waals surface area contributed by atoms with Crippen molar-refractivity contribution in [2.45, 2.75) is 25.3 Å². The van der Waals surface area contributed by atoms with Crippen molar-refractivity contribution in [2.24, 2.45) is 0 Å². The standard InChI is InChI=1S/C14H18N2O4/c17-13(18)9-10-3-1-2-4-12(10)16-14(19)15-11-5-7-20-8-6-11/h1-4,11H,5-9H2,(H,17,18)(H2,15,16,19). The molecule has 0 unspecified atom stereocenters. The number of aliphatic carboxylic acids is 1. The molecule has 2 rings (SSSR count). The summed E-state index contributed by atoms with van der Waals surface area (Å²) in [5.74, 6) is -0.927. The molecular weight excluding hydrogens is 260 g/mol. The molecular formula is C14H18N2O4. The maximum atomic E-state index is 11.9. The van der Waals surface area contributed by atoms with E-state index in [1.54, 1.807) is 24.3 Å². The van der Waals surface area contributed by atoms with Gasteiger partial charge < -0.3 is 20.5 Å². The summed E-state index contributed by atoms with van der Waals surface area (Å²) in [5.41, 5.74) is 1.11. The Kier molecular flexibility index (Phi) is 4.95. The molecule has 1 fully saturated rings. The molecule has 0 aliphatic carbocycles. The van der Waals surface area contributed by atoms with Crippen LogP contribution in [0.3, 0.4) is 0 Å². The zero-order valence-electron chi connectivity index (χ0n) is 11.1. The smallest absolute Gasteiger partial charge is 0.319 e. The highest BCUT2D eigenvalue weighted by Gasteiger charge is 2.16. The second-order valence-corrected chi connectivity index (χ2v) is 4.71. The normalized spacial score (nSPS) is 15.6. The Labute approximate surface area is 117 Å². The van der Waals surface area contributed by atoms with Crippen molar-refractivity contribution in [1.29, 1.82) is 0 Å². The first kappa shape index (κ1) is 14.3. The number of ether oxygens (including phenoxy) is 1. The molecule has 2 amide bonds. The van der Waals surface area contributed by atoms with Crippen LogP contribution in [0.5, 0.6) is 0 Å². The van der Waals surface area contributed by atoms with Gasteiger partial charge >= 0.3 is 12.0 Å². The molecule has 1 aromatic rings. The van der Waals surface area contributed by atoms with Gasteiger partial charge in [0.05, 0.1) is 6.42 Å². The van der Waals surface area contributed by atoms with Gasteiger partial charge in [-0.3, -0.25) is 4.79 Å². The SMILES string of the molecule is O=C(O)Cc1ccccc1NC(=O)NC1CCOCC1. The van der Waals surface area contributed by atoms with E-state index in [1.807, 2.05) is 0 Å². The number of para-hydroxylation sites is 1. The van der Waals surface area contributed by atoms with Gasteiger partial charge in [0, 0.05) is 24.9 Å². The first-order chi connectivity index (χ1) is 9.65. The van der Waals surface area contributed by atoms with E-state index in [0.717, 1.165) is 12.8 Å². The third kappa shape index (κ3) is 4.24. The lowest BCUT2D eigenvalue weighted by atomic mass is 10.1. The van der Waals surface area contributed by atoms with Crippen molar-refractivity contribution in [2.75, 3.05) is 18.5 Å². The molecule has 0 aromatic heterocycles. The van der Waals surface area contributed by atoms with Crippen LogP contribution < -0.4 is 10.6 Å². The highest BCUT2D eigenvalue weighted by atomic mass is 16.5. The minimum absolute atomic E-state index is 0.107. The minimum Gasteiger partial charge on any atom is -0.481 e. The molecule has 0 radical (unpaired) electrons. The Morgan fingerprint density at radius 3 is 2.65 bits per heavy atom. The number of amides is 2. The summed E-state index contributed by atoms with van der Waals surface area (Å²) in [6.45, 7) is 1.31. The second kappa shape index (κ2) is 6.91. The van der Waals surface area contributed by atoms with Crippen molar-refractivity contribution in [3.63, 3.8) is 0 Å². The van der Waals surface area contributed by atoms with Crippen molar-refractivity contribution in [1.82, 2.24) is 5.32 Å². The monoisotopic (exact) mass is 278 g/mol. The number of hydrogen-bond acceptors (Lipinski definition) is 3. The summed E-state index contributed by atoms with van der Waals surface area (Å²) < 4.78 is 5.23. The lowest BCUT2D eigenvalue weighted by Gasteiger charge is -2.23. The van der Waals surface area contributed by atoms with Gasteiger partial charge in [0.15, 0.2) is 0 Å². The Bertz CT molecular complexity index is 484. The number of rotatable bonds is 4.